The number of aryl methyl sites for hydroxylation is 1. The van der Waals surface area contributed by atoms with Crippen molar-refractivity contribution in [1.82, 2.24) is 4.98 Å². The van der Waals surface area contributed by atoms with E-state index in [2.05, 4.69) is 10.3 Å². The fraction of sp³-hybridized carbons (Fsp3) is 0.250. The maximum absolute atomic E-state index is 13.8. The highest BCUT2D eigenvalue weighted by Crippen LogP contribution is 2.25. The average Bonchev–Trinajstić information content (AvgIpc) is 2.47. The van der Waals surface area contributed by atoms with E-state index in [4.69, 9.17) is 5.26 Å². The minimum absolute atomic E-state index is 0.328. The number of anilines is 1. The molecule has 5 heteroatoms. The van der Waals surface area contributed by atoms with E-state index in [9.17, 15) is 8.78 Å². The minimum atomic E-state index is -0.605. The van der Waals surface area contributed by atoms with Gasteiger partial charge >= 0.3 is 0 Å². The zero-order chi connectivity index (χ0) is 15.4. The average molecular weight is 287 g/mol. The molecule has 0 aliphatic rings. The Morgan fingerprint density at radius 1 is 1.29 bits per heavy atom. The van der Waals surface area contributed by atoms with E-state index in [1.165, 1.54) is 12.1 Å². The first-order chi connectivity index (χ1) is 10.0. The van der Waals surface area contributed by atoms with Gasteiger partial charge in [0.1, 0.15) is 29.2 Å². The summed E-state index contributed by atoms with van der Waals surface area (Å²) in [4.78, 5) is 4.18. The molecule has 108 valence electrons. The zero-order valence-electron chi connectivity index (χ0n) is 11.8. The van der Waals surface area contributed by atoms with Crippen LogP contribution in [0, 0.1) is 29.9 Å². The summed E-state index contributed by atoms with van der Waals surface area (Å²) in [6, 6.07) is 8.70. The van der Waals surface area contributed by atoms with Gasteiger partial charge in [-0.15, -0.1) is 0 Å². The maximum atomic E-state index is 13.8. The molecule has 0 radical (unpaired) electrons. The van der Waals surface area contributed by atoms with Gasteiger partial charge in [0.05, 0.1) is 6.04 Å². The van der Waals surface area contributed by atoms with E-state index >= 15 is 0 Å². The molecular weight excluding hydrogens is 272 g/mol. The maximum Gasteiger partial charge on any atom is 0.145 e. The van der Waals surface area contributed by atoms with Crippen molar-refractivity contribution in [2.24, 2.45) is 0 Å². The van der Waals surface area contributed by atoms with Gasteiger partial charge in [-0.2, -0.15) is 5.26 Å². The number of aromatic nitrogens is 1. The van der Waals surface area contributed by atoms with Crippen molar-refractivity contribution < 1.29 is 8.78 Å². The summed E-state index contributed by atoms with van der Waals surface area (Å²) in [5, 5.41) is 12.1. The molecule has 0 bridgehead atoms. The number of benzene rings is 1. The second-order valence-corrected chi connectivity index (χ2v) is 4.74. The van der Waals surface area contributed by atoms with Crippen molar-refractivity contribution in [3.63, 3.8) is 0 Å². The van der Waals surface area contributed by atoms with E-state index in [1.54, 1.807) is 19.1 Å². The lowest BCUT2D eigenvalue weighted by Crippen LogP contribution is -2.13. The summed E-state index contributed by atoms with van der Waals surface area (Å²) in [7, 11) is 0. The molecule has 0 aliphatic heterocycles. The zero-order valence-corrected chi connectivity index (χ0v) is 11.8. The number of halogens is 2. The molecule has 0 saturated heterocycles. The Morgan fingerprint density at radius 3 is 2.67 bits per heavy atom. The summed E-state index contributed by atoms with van der Waals surface area (Å²) in [6.07, 6.45) is 0.597. The lowest BCUT2D eigenvalue weighted by atomic mass is 10.0. The van der Waals surface area contributed by atoms with Crippen LogP contribution in [0.15, 0.2) is 30.3 Å². The van der Waals surface area contributed by atoms with Crippen molar-refractivity contribution in [2.75, 3.05) is 5.32 Å². The van der Waals surface area contributed by atoms with Gasteiger partial charge in [-0.05, 0) is 31.0 Å². The van der Waals surface area contributed by atoms with Crippen LogP contribution in [-0.4, -0.2) is 4.98 Å². The van der Waals surface area contributed by atoms with E-state index in [0.717, 1.165) is 11.6 Å². The van der Waals surface area contributed by atoms with Crippen LogP contribution >= 0.6 is 0 Å². The van der Waals surface area contributed by atoms with Crippen molar-refractivity contribution in [3.8, 4) is 6.07 Å². The third-order valence-electron chi connectivity index (χ3n) is 3.27. The molecule has 0 aliphatic carbocycles. The molecule has 0 spiro atoms. The second-order valence-electron chi connectivity index (χ2n) is 4.74. The Balaban J connectivity index is 2.29. The Bertz CT molecular complexity index is 692. The molecule has 1 aromatic carbocycles. The molecule has 1 N–H and O–H groups in total. The normalized spacial score (nSPS) is 11.8. The summed E-state index contributed by atoms with van der Waals surface area (Å²) in [5.41, 5.74) is 1.48. The largest absolute Gasteiger partial charge is 0.363 e. The first-order valence-electron chi connectivity index (χ1n) is 6.64. The van der Waals surface area contributed by atoms with Gasteiger partial charge in [0, 0.05) is 11.6 Å². The standard InChI is InChI=1S/C16H15F2N3/c1-3-14(12-6-5-11(17)8-13(12)18)20-16-7-4-10(2)15(9-19)21-16/h4-8,14H,3H2,1-2H3,(H,20,21). The number of rotatable bonds is 4. The second kappa shape index (κ2) is 6.31. The van der Waals surface area contributed by atoms with E-state index in [0.29, 0.717) is 23.5 Å². The van der Waals surface area contributed by atoms with E-state index in [1.807, 2.05) is 13.0 Å². The number of pyridine rings is 1. The first-order valence-corrected chi connectivity index (χ1v) is 6.64. The van der Waals surface area contributed by atoms with Gasteiger partial charge in [-0.1, -0.05) is 19.1 Å². The highest BCUT2D eigenvalue weighted by atomic mass is 19.1. The number of nitriles is 1. The molecule has 0 amide bonds. The Morgan fingerprint density at radius 2 is 2.05 bits per heavy atom. The van der Waals surface area contributed by atoms with Crippen LogP contribution in [0.2, 0.25) is 0 Å². The molecule has 2 aromatic rings. The van der Waals surface area contributed by atoms with Gasteiger partial charge in [0.15, 0.2) is 0 Å². The monoisotopic (exact) mass is 287 g/mol. The molecule has 0 fully saturated rings. The van der Waals surface area contributed by atoms with Crippen LogP contribution in [0.5, 0.6) is 0 Å². The summed E-state index contributed by atoms with van der Waals surface area (Å²) in [6.45, 7) is 3.69. The third kappa shape index (κ3) is 3.34. The van der Waals surface area contributed by atoms with E-state index in [-0.39, 0.29) is 6.04 Å². The Labute approximate surface area is 122 Å². The number of hydrogen-bond donors (Lipinski definition) is 1. The van der Waals surface area contributed by atoms with Crippen LogP contribution in [0.25, 0.3) is 0 Å². The van der Waals surface area contributed by atoms with Gasteiger partial charge < -0.3 is 5.32 Å². The summed E-state index contributed by atoms with van der Waals surface area (Å²) in [5.74, 6) is -0.707. The molecule has 1 aromatic heterocycles. The van der Waals surface area contributed by atoms with Crippen molar-refractivity contribution in [2.45, 2.75) is 26.3 Å². The van der Waals surface area contributed by atoms with Crippen molar-refractivity contribution in [1.29, 1.82) is 5.26 Å². The molecule has 21 heavy (non-hydrogen) atoms. The minimum Gasteiger partial charge on any atom is -0.363 e. The SMILES string of the molecule is CCC(Nc1ccc(C)c(C#N)n1)c1ccc(F)cc1F. The molecule has 1 unspecified atom stereocenters. The Hall–Kier alpha value is -2.48. The highest BCUT2D eigenvalue weighted by molar-refractivity contribution is 5.44. The van der Waals surface area contributed by atoms with Crippen LogP contribution in [-0.2, 0) is 0 Å². The van der Waals surface area contributed by atoms with E-state index < -0.39 is 11.6 Å². The Kier molecular flexibility index (Phi) is 4.49. The fourth-order valence-electron chi connectivity index (χ4n) is 2.08. The fourth-order valence-corrected chi connectivity index (χ4v) is 2.08. The third-order valence-corrected chi connectivity index (χ3v) is 3.27. The quantitative estimate of drug-likeness (QED) is 0.920. The topological polar surface area (TPSA) is 48.7 Å². The molecular formula is C16H15F2N3. The highest BCUT2D eigenvalue weighted by Gasteiger charge is 2.15. The molecule has 2 rings (SSSR count). The predicted octanol–water partition coefficient (Wildman–Crippen LogP) is 4.10. The van der Waals surface area contributed by atoms with Crippen LogP contribution in [0.1, 0.15) is 36.2 Å². The lowest BCUT2D eigenvalue weighted by molar-refractivity contribution is 0.558. The number of nitrogens with one attached hydrogen (secondary N) is 1. The van der Waals surface area contributed by atoms with Crippen LogP contribution in [0.3, 0.4) is 0 Å². The molecule has 1 heterocycles. The number of hydrogen-bond acceptors (Lipinski definition) is 3. The predicted molar refractivity (Wildman–Crippen MR) is 76.7 cm³/mol. The van der Waals surface area contributed by atoms with Gasteiger partial charge in [-0.25, -0.2) is 13.8 Å². The number of nitrogens with zero attached hydrogens (tertiary/aromatic N) is 2. The molecule has 1 atom stereocenters. The van der Waals surface area contributed by atoms with Crippen molar-refractivity contribution >= 4 is 5.82 Å². The smallest absolute Gasteiger partial charge is 0.145 e. The van der Waals surface area contributed by atoms with Crippen LogP contribution < -0.4 is 5.32 Å². The molecule has 3 nitrogen and oxygen atoms in total. The van der Waals surface area contributed by atoms with Crippen LogP contribution in [0.4, 0.5) is 14.6 Å². The summed E-state index contributed by atoms with van der Waals surface area (Å²) < 4.78 is 26.8. The van der Waals surface area contributed by atoms with Crippen molar-refractivity contribution in [3.05, 3.63) is 58.8 Å². The lowest BCUT2D eigenvalue weighted by Gasteiger charge is -2.19. The first kappa shape index (κ1) is 14.9. The van der Waals surface area contributed by atoms with Gasteiger partial charge in [0.25, 0.3) is 0 Å². The van der Waals surface area contributed by atoms with Gasteiger partial charge in [0.2, 0.25) is 0 Å². The summed E-state index contributed by atoms with van der Waals surface area (Å²) >= 11 is 0. The van der Waals surface area contributed by atoms with Gasteiger partial charge in [-0.3, -0.25) is 0 Å². The molecule has 0 saturated carbocycles.